The minimum atomic E-state index is -1.01. The number of hydrogen-bond acceptors (Lipinski definition) is 3. The molecule has 0 unspecified atom stereocenters. The molecule has 5 nitrogen and oxygen atoms in total. The van der Waals surface area contributed by atoms with Crippen molar-refractivity contribution in [2.24, 2.45) is 0 Å². The molecule has 2 aromatic carbocycles. The zero-order chi connectivity index (χ0) is 20.1. The lowest BCUT2D eigenvalue weighted by Gasteiger charge is -2.34. The van der Waals surface area contributed by atoms with Gasteiger partial charge in [0, 0.05) is 18.7 Å². The lowest BCUT2D eigenvalue weighted by Crippen LogP contribution is -2.42. The van der Waals surface area contributed by atoms with Gasteiger partial charge in [0.1, 0.15) is 6.04 Å². The molecule has 0 aliphatic carbocycles. The normalized spacial score (nSPS) is 11.9. The van der Waals surface area contributed by atoms with Gasteiger partial charge in [0.2, 0.25) is 0 Å². The highest BCUT2D eigenvalue weighted by molar-refractivity contribution is 5.81. The number of anilines is 1. The molecule has 5 heteroatoms. The third kappa shape index (κ3) is 4.88. The summed E-state index contributed by atoms with van der Waals surface area (Å²) in [6, 6.07) is 10.8. The Labute approximate surface area is 160 Å². The van der Waals surface area contributed by atoms with Crippen molar-refractivity contribution in [3.63, 3.8) is 0 Å². The van der Waals surface area contributed by atoms with Gasteiger partial charge in [-0.25, -0.2) is 4.79 Å². The van der Waals surface area contributed by atoms with Crippen molar-refractivity contribution in [3.05, 3.63) is 64.2 Å². The van der Waals surface area contributed by atoms with Crippen LogP contribution in [0.15, 0.2) is 36.4 Å². The van der Waals surface area contributed by atoms with E-state index < -0.39 is 18.0 Å². The van der Waals surface area contributed by atoms with Crippen molar-refractivity contribution in [1.82, 2.24) is 0 Å². The maximum Gasteiger partial charge on any atom is 0.326 e. The number of carboxylic acids is 2. The van der Waals surface area contributed by atoms with Gasteiger partial charge in [-0.3, -0.25) is 4.79 Å². The van der Waals surface area contributed by atoms with Crippen molar-refractivity contribution < 1.29 is 19.8 Å². The summed E-state index contributed by atoms with van der Waals surface area (Å²) in [5, 5.41) is 19.0. The third-order valence-corrected chi connectivity index (χ3v) is 5.10. The molecule has 2 N–H and O–H groups in total. The quantitative estimate of drug-likeness (QED) is 0.727. The Morgan fingerprint density at radius 3 is 2.00 bits per heavy atom. The van der Waals surface area contributed by atoms with Crippen LogP contribution in [-0.2, 0) is 16.1 Å². The Morgan fingerprint density at radius 1 is 0.963 bits per heavy atom. The second-order valence-corrected chi connectivity index (χ2v) is 7.01. The maximum atomic E-state index is 12.1. The first-order valence-corrected chi connectivity index (χ1v) is 9.05. The Morgan fingerprint density at radius 2 is 1.52 bits per heavy atom. The van der Waals surface area contributed by atoms with Crippen molar-refractivity contribution in [3.8, 4) is 0 Å². The predicted molar refractivity (Wildman–Crippen MR) is 106 cm³/mol. The summed E-state index contributed by atoms with van der Waals surface area (Å²) in [4.78, 5) is 25.0. The highest BCUT2D eigenvalue weighted by Crippen LogP contribution is 2.33. The first kappa shape index (κ1) is 20.5. The van der Waals surface area contributed by atoms with Gasteiger partial charge in [0.05, 0.1) is 0 Å². The van der Waals surface area contributed by atoms with Crippen molar-refractivity contribution in [2.45, 2.75) is 53.1 Å². The maximum absolute atomic E-state index is 12.1. The van der Waals surface area contributed by atoms with Gasteiger partial charge in [0.15, 0.2) is 0 Å². The highest BCUT2D eigenvalue weighted by Gasteiger charge is 2.29. The molecule has 0 spiro atoms. The average molecular weight is 369 g/mol. The molecule has 0 bridgehead atoms. The molecular weight excluding hydrogens is 342 g/mol. The van der Waals surface area contributed by atoms with Crippen LogP contribution in [0.5, 0.6) is 0 Å². The minimum absolute atomic E-state index is 0.0450. The van der Waals surface area contributed by atoms with Crippen LogP contribution in [-0.4, -0.2) is 28.2 Å². The molecule has 0 aliphatic rings. The summed E-state index contributed by atoms with van der Waals surface area (Å²) >= 11 is 0. The number of benzene rings is 2. The van der Waals surface area contributed by atoms with E-state index in [4.69, 9.17) is 5.11 Å². The van der Waals surface area contributed by atoms with E-state index in [1.54, 1.807) is 0 Å². The van der Waals surface area contributed by atoms with E-state index in [1.807, 2.05) is 62.9 Å². The van der Waals surface area contributed by atoms with Gasteiger partial charge in [-0.1, -0.05) is 36.4 Å². The molecule has 0 saturated carbocycles. The van der Waals surface area contributed by atoms with Crippen molar-refractivity contribution in [1.29, 1.82) is 0 Å². The molecule has 0 radical (unpaired) electrons. The number of hydrogen-bond donors (Lipinski definition) is 2. The van der Waals surface area contributed by atoms with Crippen LogP contribution >= 0.6 is 0 Å². The molecule has 144 valence electrons. The molecule has 0 saturated heterocycles. The molecule has 2 aromatic rings. The van der Waals surface area contributed by atoms with E-state index in [-0.39, 0.29) is 12.8 Å². The van der Waals surface area contributed by atoms with E-state index in [9.17, 15) is 14.7 Å². The average Bonchev–Trinajstić information content (AvgIpc) is 2.60. The van der Waals surface area contributed by atoms with Crippen LogP contribution in [0.4, 0.5) is 5.69 Å². The fraction of sp³-hybridized carbons (Fsp3) is 0.364. The van der Waals surface area contributed by atoms with Crippen LogP contribution in [0.2, 0.25) is 0 Å². The second-order valence-electron chi connectivity index (χ2n) is 7.01. The smallest absolute Gasteiger partial charge is 0.326 e. The summed E-state index contributed by atoms with van der Waals surface area (Å²) < 4.78 is 0. The van der Waals surface area contributed by atoms with Crippen molar-refractivity contribution in [2.75, 3.05) is 4.90 Å². The van der Waals surface area contributed by atoms with Gasteiger partial charge in [-0.2, -0.15) is 0 Å². The molecule has 2 rings (SSSR count). The molecule has 0 heterocycles. The fourth-order valence-corrected chi connectivity index (χ4v) is 3.42. The summed E-state index contributed by atoms with van der Waals surface area (Å²) in [6.45, 7) is 8.41. The standard InChI is InChI=1S/C22H27NO4/c1-14-12-15(2)17(4)21(16(14)3)23(13-18-8-6-5-7-9-18)19(22(26)27)10-11-20(24)25/h5-9,12,19H,10-11,13H2,1-4H3,(H,24,25)(H,26,27)/t19-/m0/s1. The monoisotopic (exact) mass is 369 g/mol. The largest absolute Gasteiger partial charge is 0.481 e. The topological polar surface area (TPSA) is 77.8 Å². The van der Waals surface area contributed by atoms with Gasteiger partial charge < -0.3 is 15.1 Å². The SMILES string of the molecule is Cc1cc(C)c(C)c(N(Cc2ccccc2)[C@@H](CCC(=O)O)C(=O)O)c1C. The van der Waals surface area contributed by atoms with Crippen molar-refractivity contribution >= 4 is 17.6 Å². The summed E-state index contributed by atoms with van der Waals surface area (Å²) in [7, 11) is 0. The van der Waals surface area contributed by atoms with Crippen LogP contribution in [0.1, 0.15) is 40.7 Å². The number of carboxylic acid groups (broad SMARTS) is 2. The molecule has 1 atom stereocenters. The zero-order valence-corrected chi connectivity index (χ0v) is 16.3. The van der Waals surface area contributed by atoms with E-state index in [1.165, 1.54) is 0 Å². The summed E-state index contributed by atoms with van der Waals surface area (Å²) in [5.74, 6) is -2.00. The molecule has 0 amide bonds. The summed E-state index contributed by atoms with van der Waals surface area (Å²) in [5.41, 5.74) is 6.10. The van der Waals surface area contributed by atoms with Crippen LogP contribution < -0.4 is 4.90 Å². The van der Waals surface area contributed by atoms with Crippen LogP contribution in [0, 0.1) is 27.7 Å². The number of carbonyl (C=O) groups is 2. The number of aryl methyl sites for hydroxylation is 2. The Hall–Kier alpha value is -2.82. The zero-order valence-electron chi connectivity index (χ0n) is 16.3. The predicted octanol–water partition coefficient (Wildman–Crippen LogP) is 4.24. The van der Waals surface area contributed by atoms with Gasteiger partial charge in [-0.05, 0) is 61.9 Å². The Bertz CT molecular complexity index is 804. The first-order valence-electron chi connectivity index (χ1n) is 9.05. The molecular formula is C22H27NO4. The second kappa shape index (κ2) is 8.71. The summed E-state index contributed by atoms with van der Waals surface area (Å²) in [6.07, 6.45) is -0.144. The van der Waals surface area contributed by atoms with E-state index in [0.29, 0.717) is 6.54 Å². The van der Waals surface area contributed by atoms with Gasteiger partial charge in [0.25, 0.3) is 0 Å². The Kier molecular flexibility index (Phi) is 6.61. The van der Waals surface area contributed by atoms with Crippen LogP contribution in [0.25, 0.3) is 0 Å². The molecule has 27 heavy (non-hydrogen) atoms. The first-order chi connectivity index (χ1) is 12.7. The lowest BCUT2D eigenvalue weighted by atomic mass is 9.95. The highest BCUT2D eigenvalue weighted by atomic mass is 16.4. The molecule has 0 fully saturated rings. The third-order valence-electron chi connectivity index (χ3n) is 5.10. The number of nitrogens with zero attached hydrogens (tertiary/aromatic N) is 1. The van der Waals surface area contributed by atoms with E-state index >= 15 is 0 Å². The van der Waals surface area contributed by atoms with Gasteiger partial charge >= 0.3 is 11.9 Å². The minimum Gasteiger partial charge on any atom is -0.481 e. The van der Waals surface area contributed by atoms with E-state index in [0.717, 1.165) is 33.5 Å². The van der Waals surface area contributed by atoms with Crippen LogP contribution in [0.3, 0.4) is 0 Å². The lowest BCUT2D eigenvalue weighted by molar-refractivity contribution is -0.140. The molecule has 0 aromatic heterocycles. The fourth-order valence-electron chi connectivity index (χ4n) is 3.42. The number of rotatable bonds is 8. The van der Waals surface area contributed by atoms with Gasteiger partial charge in [-0.15, -0.1) is 0 Å². The van der Waals surface area contributed by atoms with E-state index in [2.05, 4.69) is 6.07 Å². The molecule has 0 aliphatic heterocycles. The number of aliphatic carboxylic acids is 2. The Balaban J connectivity index is 2.59.